The van der Waals surface area contributed by atoms with Crippen LogP contribution in [0.4, 0.5) is 5.13 Å². The van der Waals surface area contributed by atoms with Gasteiger partial charge in [-0.2, -0.15) is 0 Å². The van der Waals surface area contributed by atoms with Crippen LogP contribution in [0.3, 0.4) is 0 Å². The van der Waals surface area contributed by atoms with Crippen LogP contribution in [0, 0.1) is 0 Å². The van der Waals surface area contributed by atoms with Crippen molar-refractivity contribution < 1.29 is 9.53 Å². The van der Waals surface area contributed by atoms with Gasteiger partial charge in [0.1, 0.15) is 11.1 Å². The van der Waals surface area contributed by atoms with E-state index in [-0.39, 0.29) is 12.0 Å². The number of rotatable bonds is 5. The molecule has 1 aromatic carbocycles. The second-order valence-corrected chi connectivity index (χ2v) is 6.70. The van der Waals surface area contributed by atoms with Gasteiger partial charge in [-0.25, -0.2) is 0 Å². The van der Waals surface area contributed by atoms with Gasteiger partial charge in [-0.1, -0.05) is 29.5 Å². The van der Waals surface area contributed by atoms with Gasteiger partial charge in [0.2, 0.25) is 5.13 Å². The number of nitrogens with zero attached hydrogens (tertiary/aromatic N) is 2. The zero-order valence-corrected chi connectivity index (χ0v) is 13.0. The standard InChI is InChI=1S/C14H15N3O2S2/c18-13(11-7-4-8-19-11)15-14-17-16-12(21-14)9-20-10-5-2-1-3-6-10/h1-3,5-6,11H,4,7-9H2,(H,15,17,18)/t11-/m1/s1. The van der Waals surface area contributed by atoms with E-state index in [0.29, 0.717) is 11.7 Å². The fraction of sp³-hybridized carbons (Fsp3) is 0.357. The van der Waals surface area contributed by atoms with Gasteiger partial charge in [0, 0.05) is 11.5 Å². The molecular weight excluding hydrogens is 306 g/mol. The second-order valence-electron chi connectivity index (χ2n) is 4.59. The van der Waals surface area contributed by atoms with E-state index in [1.807, 2.05) is 18.2 Å². The summed E-state index contributed by atoms with van der Waals surface area (Å²) in [4.78, 5) is 13.1. The fourth-order valence-electron chi connectivity index (χ4n) is 1.99. The first-order valence-electron chi connectivity index (χ1n) is 6.74. The zero-order valence-electron chi connectivity index (χ0n) is 11.3. The van der Waals surface area contributed by atoms with Gasteiger partial charge in [-0.3, -0.25) is 10.1 Å². The average Bonchev–Trinajstić information content (AvgIpc) is 3.18. The maximum Gasteiger partial charge on any atom is 0.255 e. The van der Waals surface area contributed by atoms with Crippen LogP contribution in [0.25, 0.3) is 0 Å². The number of benzene rings is 1. The highest BCUT2D eigenvalue weighted by atomic mass is 32.2. The van der Waals surface area contributed by atoms with Crippen LogP contribution in [0.5, 0.6) is 0 Å². The molecule has 1 saturated heterocycles. The lowest BCUT2D eigenvalue weighted by Crippen LogP contribution is -2.26. The predicted molar refractivity (Wildman–Crippen MR) is 83.5 cm³/mol. The van der Waals surface area contributed by atoms with Crippen LogP contribution in [0.1, 0.15) is 17.8 Å². The average molecular weight is 321 g/mol. The van der Waals surface area contributed by atoms with E-state index < -0.39 is 0 Å². The summed E-state index contributed by atoms with van der Waals surface area (Å²) >= 11 is 3.11. The number of thioether (sulfide) groups is 1. The van der Waals surface area contributed by atoms with E-state index in [1.165, 1.54) is 16.2 Å². The van der Waals surface area contributed by atoms with Crippen LogP contribution in [0.2, 0.25) is 0 Å². The normalized spacial score (nSPS) is 17.8. The van der Waals surface area contributed by atoms with Crippen molar-refractivity contribution in [2.45, 2.75) is 29.6 Å². The molecule has 1 aromatic heterocycles. The van der Waals surface area contributed by atoms with Crippen molar-refractivity contribution in [3.63, 3.8) is 0 Å². The van der Waals surface area contributed by atoms with E-state index in [4.69, 9.17) is 4.74 Å². The Balaban J connectivity index is 1.52. The molecule has 5 nitrogen and oxygen atoms in total. The van der Waals surface area contributed by atoms with E-state index in [2.05, 4.69) is 27.6 Å². The first-order chi connectivity index (χ1) is 10.3. The van der Waals surface area contributed by atoms with Crippen LogP contribution < -0.4 is 5.32 Å². The molecule has 1 N–H and O–H groups in total. The van der Waals surface area contributed by atoms with E-state index >= 15 is 0 Å². The summed E-state index contributed by atoms with van der Waals surface area (Å²) in [6.07, 6.45) is 1.38. The van der Waals surface area contributed by atoms with Crippen LogP contribution >= 0.6 is 23.1 Å². The largest absolute Gasteiger partial charge is 0.368 e. The Bertz CT molecular complexity index is 597. The molecule has 21 heavy (non-hydrogen) atoms. The van der Waals surface area contributed by atoms with Gasteiger partial charge >= 0.3 is 0 Å². The van der Waals surface area contributed by atoms with Crippen molar-refractivity contribution in [2.75, 3.05) is 11.9 Å². The number of amides is 1. The lowest BCUT2D eigenvalue weighted by Gasteiger charge is -2.06. The molecule has 110 valence electrons. The quantitative estimate of drug-likeness (QED) is 0.858. The summed E-state index contributed by atoms with van der Waals surface area (Å²) in [5.74, 6) is 0.628. The van der Waals surface area contributed by atoms with Gasteiger partial charge in [0.15, 0.2) is 0 Å². The Morgan fingerprint density at radius 2 is 2.24 bits per heavy atom. The number of carbonyl (C=O) groups is 1. The van der Waals surface area contributed by atoms with Crippen LogP contribution in [0.15, 0.2) is 35.2 Å². The molecule has 0 bridgehead atoms. The van der Waals surface area contributed by atoms with E-state index in [1.54, 1.807) is 11.8 Å². The number of anilines is 1. The molecule has 2 aromatic rings. The number of hydrogen-bond acceptors (Lipinski definition) is 6. The molecule has 2 heterocycles. The van der Waals surface area contributed by atoms with Gasteiger partial charge in [-0.15, -0.1) is 22.0 Å². The van der Waals surface area contributed by atoms with Crippen LogP contribution in [-0.4, -0.2) is 28.8 Å². The summed E-state index contributed by atoms with van der Waals surface area (Å²) in [5, 5.41) is 12.3. The van der Waals surface area contributed by atoms with Crippen molar-refractivity contribution in [2.24, 2.45) is 0 Å². The topological polar surface area (TPSA) is 64.1 Å². The molecule has 0 radical (unpaired) electrons. The van der Waals surface area contributed by atoms with Gasteiger partial charge in [0.05, 0.1) is 5.75 Å². The minimum absolute atomic E-state index is 0.120. The summed E-state index contributed by atoms with van der Waals surface area (Å²) in [6.45, 7) is 0.660. The molecule has 0 saturated carbocycles. The van der Waals surface area contributed by atoms with Crippen molar-refractivity contribution in [3.8, 4) is 0 Å². The molecule has 0 aliphatic carbocycles. The minimum Gasteiger partial charge on any atom is -0.368 e. The Morgan fingerprint density at radius 3 is 3.00 bits per heavy atom. The van der Waals surface area contributed by atoms with Gasteiger partial charge in [0.25, 0.3) is 5.91 Å². The maximum atomic E-state index is 11.9. The molecule has 7 heteroatoms. The molecule has 1 atom stereocenters. The Labute approximate surface area is 131 Å². The third kappa shape index (κ3) is 4.03. The van der Waals surface area contributed by atoms with Crippen molar-refractivity contribution in [1.29, 1.82) is 0 Å². The lowest BCUT2D eigenvalue weighted by molar-refractivity contribution is -0.124. The lowest BCUT2D eigenvalue weighted by atomic mass is 10.2. The fourth-order valence-corrected chi connectivity index (χ4v) is 3.64. The van der Waals surface area contributed by atoms with E-state index in [0.717, 1.165) is 23.6 Å². The first-order valence-corrected chi connectivity index (χ1v) is 8.54. The highest BCUT2D eigenvalue weighted by Crippen LogP contribution is 2.26. The van der Waals surface area contributed by atoms with Gasteiger partial charge < -0.3 is 4.74 Å². The monoisotopic (exact) mass is 321 g/mol. The molecule has 3 rings (SSSR count). The Hall–Kier alpha value is -1.44. The van der Waals surface area contributed by atoms with Crippen molar-refractivity contribution in [1.82, 2.24) is 10.2 Å². The smallest absolute Gasteiger partial charge is 0.255 e. The number of aromatic nitrogens is 2. The summed E-state index contributed by atoms with van der Waals surface area (Å²) in [6, 6.07) is 10.1. The second kappa shape index (κ2) is 7.02. The van der Waals surface area contributed by atoms with Crippen LogP contribution in [-0.2, 0) is 15.3 Å². The molecule has 1 amide bonds. The first kappa shape index (κ1) is 14.5. The molecule has 1 aliphatic rings. The third-order valence-electron chi connectivity index (χ3n) is 3.02. The van der Waals surface area contributed by atoms with E-state index in [9.17, 15) is 4.79 Å². The molecule has 0 unspecified atom stereocenters. The highest BCUT2D eigenvalue weighted by Gasteiger charge is 2.24. The van der Waals surface area contributed by atoms with Crippen molar-refractivity contribution >= 4 is 34.1 Å². The maximum absolute atomic E-state index is 11.9. The zero-order chi connectivity index (χ0) is 14.5. The SMILES string of the molecule is O=C(Nc1nnc(CSc2ccccc2)s1)[C@H]1CCCO1. The molecule has 0 spiro atoms. The Kier molecular flexibility index (Phi) is 4.84. The third-order valence-corrected chi connectivity index (χ3v) is 5.07. The summed E-state index contributed by atoms with van der Waals surface area (Å²) in [7, 11) is 0. The number of carbonyl (C=O) groups excluding carboxylic acids is 1. The highest BCUT2D eigenvalue weighted by molar-refractivity contribution is 7.98. The van der Waals surface area contributed by atoms with Crippen molar-refractivity contribution in [3.05, 3.63) is 35.3 Å². The number of nitrogens with one attached hydrogen (secondary N) is 1. The number of hydrogen-bond donors (Lipinski definition) is 1. The predicted octanol–water partition coefficient (Wildman–Crippen LogP) is 2.95. The molecule has 1 aliphatic heterocycles. The van der Waals surface area contributed by atoms with Gasteiger partial charge in [-0.05, 0) is 25.0 Å². The summed E-state index contributed by atoms with van der Waals surface area (Å²) < 4.78 is 5.34. The minimum atomic E-state index is -0.337. The number of ether oxygens (including phenoxy) is 1. The Morgan fingerprint density at radius 1 is 1.38 bits per heavy atom. The molecule has 1 fully saturated rings. The summed E-state index contributed by atoms with van der Waals surface area (Å²) in [5.41, 5.74) is 0. The molecular formula is C14H15N3O2S2.